The first kappa shape index (κ1) is 11.6. The van der Waals surface area contributed by atoms with E-state index in [-0.39, 0.29) is 17.8 Å². The second-order valence-corrected chi connectivity index (χ2v) is 2.92. The Hall–Kier alpha value is -1.52. The summed E-state index contributed by atoms with van der Waals surface area (Å²) >= 11 is 0. The van der Waals surface area contributed by atoms with Gasteiger partial charge >= 0.3 is 6.18 Å². The monoisotopic (exact) mass is 218 g/mol. The van der Waals surface area contributed by atoms with Gasteiger partial charge in [0, 0.05) is 5.57 Å². The van der Waals surface area contributed by atoms with Crippen LogP contribution in [-0.4, -0.2) is 19.6 Å². The maximum atomic E-state index is 12.4. The molecule has 0 aromatic carbocycles. The zero-order valence-electron chi connectivity index (χ0n) is 7.97. The molecule has 1 aliphatic carbocycles. The molecule has 2 nitrogen and oxygen atoms in total. The maximum absolute atomic E-state index is 12.4. The number of carbonyl (C=O) groups excluding carboxylic acids is 1. The lowest BCUT2D eigenvalue weighted by atomic mass is 10.1. The molecule has 0 aromatic rings. The first-order chi connectivity index (χ1) is 6.99. The van der Waals surface area contributed by atoms with Crippen LogP contribution in [0.3, 0.4) is 0 Å². The maximum Gasteiger partial charge on any atom is 0.413 e. The van der Waals surface area contributed by atoms with Crippen molar-refractivity contribution in [2.24, 2.45) is 0 Å². The van der Waals surface area contributed by atoms with Crippen molar-refractivity contribution in [3.63, 3.8) is 0 Å². The number of hydrogen-bond acceptors (Lipinski definition) is 2. The van der Waals surface area contributed by atoms with Gasteiger partial charge in [0.2, 0.25) is 0 Å². The minimum Gasteiger partial charge on any atom is -0.496 e. The van der Waals surface area contributed by atoms with Crippen molar-refractivity contribution >= 4 is 6.29 Å². The number of methoxy groups -OCH3 is 1. The summed E-state index contributed by atoms with van der Waals surface area (Å²) < 4.78 is 41.9. The molecule has 0 fully saturated rings. The number of ether oxygens (including phenoxy) is 1. The van der Waals surface area contributed by atoms with E-state index in [1.165, 1.54) is 19.3 Å². The minimum absolute atomic E-state index is 0.0638. The van der Waals surface area contributed by atoms with Crippen molar-refractivity contribution in [2.75, 3.05) is 7.11 Å². The first-order valence-corrected chi connectivity index (χ1v) is 4.16. The average Bonchev–Trinajstić information content (AvgIpc) is 2.37. The van der Waals surface area contributed by atoms with Gasteiger partial charge in [0.25, 0.3) is 0 Å². The largest absolute Gasteiger partial charge is 0.496 e. The van der Waals surface area contributed by atoms with Crippen LogP contribution in [-0.2, 0) is 9.53 Å². The van der Waals surface area contributed by atoms with Crippen LogP contribution in [0.1, 0.15) is 6.42 Å². The number of halogens is 3. The van der Waals surface area contributed by atoms with Crippen molar-refractivity contribution in [3.05, 3.63) is 35.1 Å². The van der Waals surface area contributed by atoms with Crippen LogP contribution >= 0.6 is 0 Å². The topological polar surface area (TPSA) is 26.3 Å². The Morgan fingerprint density at radius 3 is 2.60 bits per heavy atom. The Morgan fingerprint density at radius 2 is 2.13 bits per heavy atom. The highest BCUT2D eigenvalue weighted by atomic mass is 19.4. The molecule has 0 unspecified atom stereocenters. The van der Waals surface area contributed by atoms with E-state index in [2.05, 4.69) is 0 Å². The summed E-state index contributed by atoms with van der Waals surface area (Å²) in [5, 5.41) is 0. The molecule has 0 saturated heterocycles. The zero-order chi connectivity index (χ0) is 11.5. The highest BCUT2D eigenvalue weighted by Crippen LogP contribution is 2.31. The van der Waals surface area contributed by atoms with Crippen LogP contribution in [0.25, 0.3) is 0 Å². The molecule has 0 N–H and O–H groups in total. The lowest BCUT2D eigenvalue weighted by Gasteiger charge is -2.09. The van der Waals surface area contributed by atoms with Gasteiger partial charge < -0.3 is 4.74 Å². The summed E-state index contributed by atoms with van der Waals surface area (Å²) in [6.07, 6.45) is -0.731. The van der Waals surface area contributed by atoms with Gasteiger partial charge in [0.15, 0.2) is 6.29 Å². The van der Waals surface area contributed by atoms with E-state index in [1.54, 1.807) is 0 Å². The van der Waals surface area contributed by atoms with Crippen molar-refractivity contribution in [1.29, 1.82) is 0 Å². The second kappa shape index (κ2) is 4.33. The van der Waals surface area contributed by atoms with Crippen LogP contribution in [0.4, 0.5) is 13.2 Å². The molecule has 1 rings (SSSR count). The molecule has 0 aliphatic heterocycles. The number of aldehydes is 1. The predicted octanol–water partition coefficient (Wildman–Crippen LogP) is 2.53. The summed E-state index contributed by atoms with van der Waals surface area (Å²) in [6, 6.07) is 0. The highest BCUT2D eigenvalue weighted by molar-refractivity contribution is 5.79. The summed E-state index contributed by atoms with van der Waals surface area (Å²) in [5.41, 5.74) is -0.621. The predicted molar refractivity (Wildman–Crippen MR) is 48.0 cm³/mol. The fraction of sp³-hybridized carbons (Fsp3) is 0.300. The van der Waals surface area contributed by atoms with Gasteiger partial charge in [-0.15, -0.1) is 0 Å². The Balaban J connectivity index is 3.17. The number of rotatable bonds is 2. The van der Waals surface area contributed by atoms with E-state index in [9.17, 15) is 18.0 Å². The van der Waals surface area contributed by atoms with Crippen LogP contribution in [0, 0.1) is 0 Å². The Morgan fingerprint density at radius 1 is 1.47 bits per heavy atom. The summed E-state index contributed by atoms with van der Waals surface area (Å²) in [7, 11) is 1.22. The van der Waals surface area contributed by atoms with E-state index >= 15 is 0 Å². The van der Waals surface area contributed by atoms with Crippen LogP contribution < -0.4 is 0 Å². The highest BCUT2D eigenvalue weighted by Gasteiger charge is 2.33. The van der Waals surface area contributed by atoms with Gasteiger partial charge in [0.1, 0.15) is 5.76 Å². The molecule has 5 heteroatoms. The Kier molecular flexibility index (Phi) is 3.34. The summed E-state index contributed by atoms with van der Waals surface area (Å²) in [4.78, 5) is 10.5. The van der Waals surface area contributed by atoms with Gasteiger partial charge in [-0.3, -0.25) is 4.79 Å². The van der Waals surface area contributed by atoms with E-state index in [0.29, 0.717) is 6.29 Å². The molecular formula is C10H9F3O2. The normalized spacial score (nSPS) is 17.2. The van der Waals surface area contributed by atoms with Gasteiger partial charge in [-0.05, 0) is 12.5 Å². The van der Waals surface area contributed by atoms with Gasteiger partial charge in [-0.25, -0.2) is 0 Å². The first-order valence-electron chi connectivity index (χ1n) is 4.16. The van der Waals surface area contributed by atoms with E-state index in [0.717, 1.165) is 6.08 Å². The van der Waals surface area contributed by atoms with E-state index in [1.807, 2.05) is 0 Å². The quantitative estimate of drug-likeness (QED) is 0.666. The van der Waals surface area contributed by atoms with Crippen LogP contribution in [0.2, 0.25) is 0 Å². The smallest absolute Gasteiger partial charge is 0.413 e. The van der Waals surface area contributed by atoms with E-state index in [4.69, 9.17) is 4.74 Å². The number of alkyl halides is 3. The second-order valence-electron chi connectivity index (χ2n) is 2.92. The van der Waals surface area contributed by atoms with Crippen LogP contribution in [0.15, 0.2) is 35.1 Å². The third kappa shape index (κ3) is 2.71. The number of hydrogen-bond donors (Lipinski definition) is 0. The molecule has 0 radical (unpaired) electrons. The molecule has 0 saturated carbocycles. The molecule has 15 heavy (non-hydrogen) atoms. The summed E-state index contributed by atoms with van der Waals surface area (Å²) in [6.45, 7) is 0. The molecule has 82 valence electrons. The molecule has 0 amide bonds. The molecular weight excluding hydrogens is 209 g/mol. The van der Waals surface area contributed by atoms with Crippen molar-refractivity contribution in [3.8, 4) is 0 Å². The molecule has 0 bridgehead atoms. The van der Waals surface area contributed by atoms with Crippen molar-refractivity contribution in [2.45, 2.75) is 12.6 Å². The van der Waals surface area contributed by atoms with Gasteiger partial charge in [-0.1, -0.05) is 12.2 Å². The lowest BCUT2D eigenvalue weighted by molar-refractivity contribution is -0.104. The lowest BCUT2D eigenvalue weighted by Crippen LogP contribution is -2.11. The minimum atomic E-state index is -4.40. The fourth-order valence-corrected chi connectivity index (χ4v) is 1.17. The molecule has 1 aliphatic rings. The SMILES string of the molecule is COC1=C(C=O)C=CCC(C(F)(F)F)=C1. The Bertz CT molecular complexity index is 348. The van der Waals surface area contributed by atoms with Gasteiger partial charge in [0.05, 0.1) is 12.7 Å². The molecule has 0 spiro atoms. The fourth-order valence-electron chi connectivity index (χ4n) is 1.17. The van der Waals surface area contributed by atoms with Crippen molar-refractivity contribution < 1.29 is 22.7 Å². The van der Waals surface area contributed by atoms with Crippen molar-refractivity contribution in [1.82, 2.24) is 0 Å². The number of allylic oxidation sites excluding steroid dienone is 5. The molecule has 0 aromatic heterocycles. The Labute approximate surface area is 84.7 Å². The zero-order valence-corrected chi connectivity index (χ0v) is 7.97. The van der Waals surface area contributed by atoms with Gasteiger partial charge in [-0.2, -0.15) is 13.2 Å². The number of carbonyl (C=O) groups is 1. The summed E-state index contributed by atoms with van der Waals surface area (Å²) in [5.74, 6) is -0.0638. The average molecular weight is 218 g/mol. The third-order valence-corrected chi connectivity index (χ3v) is 1.94. The molecule has 0 heterocycles. The van der Waals surface area contributed by atoms with E-state index < -0.39 is 11.7 Å². The molecule has 0 atom stereocenters. The standard InChI is InChI=1S/C10H9F3O2/c1-15-9-5-8(10(11,12)13)4-2-3-7(9)6-14/h2-3,5-6H,4H2,1H3. The third-order valence-electron chi connectivity index (χ3n) is 1.94. The van der Waals surface area contributed by atoms with Crippen LogP contribution in [0.5, 0.6) is 0 Å².